The highest BCUT2D eigenvalue weighted by Gasteiger charge is 2.34. The molecule has 0 heterocycles. The van der Waals surface area contributed by atoms with Crippen LogP contribution in [0.4, 0.5) is 0 Å². The van der Waals surface area contributed by atoms with Crippen LogP contribution in [0.2, 0.25) is 0 Å². The van der Waals surface area contributed by atoms with Crippen molar-refractivity contribution in [2.45, 2.75) is 91.4 Å². The van der Waals surface area contributed by atoms with Gasteiger partial charge in [-0.2, -0.15) is 0 Å². The minimum Gasteiger partial charge on any atom is -0.481 e. The topological polar surface area (TPSA) is 191 Å². The molecule has 50 heavy (non-hydrogen) atoms. The van der Waals surface area contributed by atoms with Crippen LogP contribution in [0.15, 0.2) is 66.7 Å². The summed E-state index contributed by atoms with van der Waals surface area (Å²) >= 11 is 0. The van der Waals surface area contributed by atoms with Gasteiger partial charge in [0.2, 0.25) is 17.7 Å². The summed E-state index contributed by atoms with van der Waals surface area (Å²) in [6.07, 6.45) is -0.411. The van der Waals surface area contributed by atoms with E-state index >= 15 is 0 Å². The molecule has 268 valence electrons. The summed E-state index contributed by atoms with van der Waals surface area (Å²) in [7, 11) is 0. The normalized spacial score (nSPS) is 13.2. The predicted octanol–water partition coefficient (Wildman–Crippen LogP) is 4.20. The quantitative estimate of drug-likeness (QED) is 0.122. The molecule has 0 aliphatic heterocycles. The van der Waals surface area contributed by atoms with Crippen LogP contribution in [0.5, 0.6) is 0 Å². The lowest BCUT2D eigenvalue weighted by atomic mass is 9.77. The molecule has 0 spiro atoms. The zero-order valence-corrected chi connectivity index (χ0v) is 29.2. The van der Waals surface area contributed by atoms with Crippen molar-refractivity contribution in [3.8, 4) is 0 Å². The molecule has 0 saturated carbocycles. The van der Waals surface area contributed by atoms with Crippen molar-refractivity contribution in [2.75, 3.05) is 0 Å². The summed E-state index contributed by atoms with van der Waals surface area (Å²) in [5.74, 6) is -4.78. The fourth-order valence-electron chi connectivity index (χ4n) is 5.56. The van der Waals surface area contributed by atoms with Gasteiger partial charge in [-0.1, -0.05) is 75.4 Å². The maximum Gasteiger partial charge on any atom is 0.303 e. The summed E-state index contributed by atoms with van der Waals surface area (Å²) < 4.78 is 0. The maximum atomic E-state index is 13.3. The Morgan fingerprint density at radius 1 is 0.660 bits per heavy atom. The third kappa shape index (κ3) is 12.3. The van der Waals surface area contributed by atoms with Gasteiger partial charge < -0.3 is 31.5 Å². The minimum atomic E-state index is -1.16. The predicted molar refractivity (Wildman–Crippen MR) is 189 cm³/mol. The van der Waals surface area contributed by atoms with Gasteiger partial charge in [0.05, 0.1) is 0 Å². The van der Waals surface area contributed by atoms with Crippen LogP contribution in [0.3, 0.4) is 0 Å². The maximum absolute atomic E-state index is 13.3. The molecule has 0 saturated heterocycles. The Morgan fingerprint density at radius 3 is 1.86 bits per heavy atom. The monoisotopic (exact) mass is 688 g/mol. The van der Waals surface area contributed by atoms with Crippen molar-refractivity contribution >= 4 is 46.3 Å². The molecule has 12 heteroatoms. The molecule has 4 amide bonds. The fraction of sp³-hybridized carbons (Fsp3) is 0.421. The lowest BCUT2D eigenvalue weighted by molar-refractivity contribution is -0.140. The van der Waals surface area contributed by atoms with Crippen molar-refractivity contribution in [2.24, 2.45) is 11.3 Å². The summed E-state index contributed by atoms with van der Waals surface area (Å²) in [6.45, 7) is 9.10. The molecule has 0 aliphatic rings. The van der Waals surface area contributed by atoms with E-state index in [1.54, 1.807) is 45.0 Å². The van der Waals surface area contributed by atoms with E-state index in [1.165, 1.54) is 0 Å². The molecule has 6 N–H and O–H groups in total. The molecule has 3 aromatic carbocycles. The SMILES string of the molecule is CC(C)NC(=O)C(Cc1ccc2ccccc2c1)NC(=O)c1ccc(CNC(=O)C(CCC(=O)O)NC(=O)C(CCC(=O)O)C(C)(C)C)cc1. The lowest BCUT2D eigenvalue weighted by Gasteiger charge is -2.31. The molecule has 0 aromatic heterocycles. The van der Waals surface area contributed by atoms with Crippen LogP contribution in [-0.2, 0) is 36.9 Å². The molecular weight excluding hydrogens is 640 g/mol. The van der Waals surface area contributed by atoms with E-state index in [1.807, 2.05) is 56.3 Å². The van der Waals surface area contributed by atoms with E-state index in [-0.39, 0.29) is 50.6 Å². The highest BCUT2D eigenvalue weighted by molar-refractivity contribution is 5.98. The average molecular weight is 689 g/mol. The van der Waals surface area contributed by atoms with Gasteiger partial charge in [-0.15, -0.1) is 0 Å². The summed E-state index contributed by atoms with van der Waals surface area (Å²) in [5.41, 5.74) is 1.24. The van der Waals surface area contributed by atoms with Crippen molar-refractivity contribution < 1.29 is 39.0 Å². The van der Waals surface area contributed by atoms with E-state index < -0.39 is 53.1 Å². The van der Waals surface area contributed by atoms with Crippen LogP contribution in [0.1, 0.15) is 81.8 Å². The Kier molecular flexibility index (Phi) is 14.1. The minimum absolute atomic E-state index is 0.0310. The number of fused-ring (bicyclic) bond motifs is 1. The standard InChI is InChI=1S/C38H48N4O8/c1-23(2)40-37(50)31(21-25-12-13-26-8-6-7-9-28(26)20-25)42-34(47)27-14-10-24(11-15-27)22-39-36(49)30(17-19-33(45)46)41-35(48)29(38(3,4)5)16-18-32(43)44/h6-15,20,23,29-31H,16-19,21-22H2,1-5H3,(H,39,49)(H,40,50)(H,41,48)(H,42,47)(H,43,44)(H,45,46). The summed E-state index contributed by atoms with van der Waals surface area (Å²) in [4.78, 5) is 75.1. The fourth-order valence-corrected chi connectivity index (χ4v) is 5.56. The molecule has 0 bridgehead atoms. The van der Waals surface area contributed by atoms with Crippen molar-refractivity contribution in [3.05, 3.63) is 83.4 Å². The number of hydrogen-bond acceptors (Lipinski definition) is 6. The highest BCUT2D eigenvalue weighted by Crippen LogP contribution is 2.30. The smallest absolute Gasteiger partial charge is 0.303 e. The molecule has 12 nitrogen and oxygen atoms in total. The summed E-state index contributed by atoms with van der Waals surface area (Å²) in [5, 5.41) is 31.5. The molecule has 3 atom stereocenters. The van der Waals surface area contributed by atoms with Gasteiger partial charge in [0.1, 0.15) is 12.1 Å². The Balaban J connectivity index is 1.67. The molecule has 0 radical (unpaired) electrons. The largest absolute Gasteiger partial charge is 0.481 e. The van der Waals surface area contributed by atoms with E-state index in [0.29, 0.717) is 11.1 Å². The van der Waals surface area contributed by atoms with E-state index in [2.05, 4.69) is 21.3 Å². The number of nitrogens with one attached hydrogen (secondary N) is 4. The van der Waals surface area contributed by atoms with Crippen LogP contribution in [-0.4, -0.2) is 63.9 Å². The van der Waals surface area contributed by atoms with Gasteiger partial charge in [-0.25, -0.2) is 0 Å². The van der Waals surface area contributed by atoms with Gasteiger partial charge in [-0.3, -0.25) is 28.8 Å². The number of benzene rings is 3. The molecule has 0 aliphatic carbocycles. The van der Waals surface area contributed by atoms with Gasteiger partial charge in [0.25, 0.3) is 5.91 Å². The van der Waals surface area contributed by atoms with Crippen LogP contribution >= 0.6 is 0 Å². The Hall–Kier alpha value is -5.26. The third-order valence-corrected chi connectivity index (χ3v) is 8.28. The van der Waals surface area contributed by atoms with Gasteiger partial charge in [0, 0.05) is 43.3 Å². The van der Waals surface area contributed by atoms with Gasteiger partial charge in [0.15, 0.2) is 0 Å². The number of aliphatic carboxylic acids is 2. The van der Waals surface area contributed by atoms with Crippen LogP contribution < -0.4 is 21.3 Å². The second-order valence-electron chi connectivity index (χ2n) is 13.8. The van der Waals surface area contributed by atoms with Gasteiger partial charge in [-0.05, 0) is 66.1 Å². The molecule has 3 rings (SSSR count). The highest BCUT2D eigenvalue weighted by atomic mass is 16.4. The van der Waals surface area contributed by atoms with Crippen LogP contribution in [0, 0.1) is 11.3 Å². The van der Waals surface area contributed by atoms with Crippen molar-refractivity contribution in [1.29, 1.82) is 0 Å². The van der Waals surface area contributed by atoms with E-state index in [4.69, 9.17) is 5.11 Å². The number of carboxylic acids is 2. The third-order valence-electron chi connectivity index (χ3n) is 8.28. The van der Waals surface area contributed by atoms with Crippen LogP contribution in [0.25, 0.3) is 10.8 Å². The second kappa shape index (κ2) is 17.9. The lowest BCUT2D eigenvalue weighted by Crippen LogP contribution is -2.50. The molecule has 0 fully saturated rings. The van der Waals surface area contributed by atoms with Gasteiger partial charge >= 0.3 is 11.9 Å². The average Bonchev–Trinajstić information content (AvgIpc) is 3.04. The first-order chi connectivity index (χ1) is 23.5. The number of amides is 4. The molecule has 3 unspecified atom stereocenters. The van der Waals surface area contributed by atoms with Crippen molar-refractivity contribution in [3.63, 3.8) is 0 Å². The Morgan fingerprint density at radius 2 is 1.26 bits per heavy atom. The zero-order chi connectivity index (χ0) is 37.0. The number of carboxylic acid groups (broad SMARTS) is 2. The zero-order valence-electron chi connectivity index (χ0n) is 29.2. The number of carbonyl (C=O) groups excluding carboxylic acids is 4. The van der Waals surface area contributed by atoms with Crippen molar-refractivity contribution in [1.82, 2.24) is 21.3 Å². The Labute approximate surface area is 292 Å². The number of rotatable bonds is 17. The number of carbonyl (C=O) groups is 6. The summed E-state index contributed by atoms with van der Waals surface area (Å²) in [6, 6.07) is 18.1. The Bertz CT molecular complexity index is 1680. The first kappa shape index (κ1) is 39.2. The van der Waals surface area contributed by atoms with E-state index in [0.717, 1.165) is 16.3 Å². The second-order valence-corrected chi connectivity index (χ2v) is 13.8. The number of hydrogen-bond donors (Lipinski definition) is 6. The molecular formula is C38H48N4O8. The first-order valence-corrected chi connectivity index (χ1v) is 16.7. The molecule has 3 aromatic rings. The van der Waals surface area contributed by atoms with E-state index in [9.17, 15) is 33.9 Å². The first-order valence-electron chi connectivity index (χ1n) is 16.7.